The zero-order valence-electron chi connectivity index (χ0n) is 15.3. The molecule has 2 fully saturated rings. The third kappa shape index (κ3) is 4.42. The van der Waals surface area contributed by atoms with Gasteiger partial charge in [0.2, 0.25) is 10.0 Å². The lowest BCUT2D eigenvalue weighted by molar-refractivity contribution is -0.141. The summed E-state index contributed by atoms with van der Waals surface area (Å²) in [5, 5.41) is 0. The Hall–Kier alpha value is -0.950. The van der Waals surface area contributed by atoms with Crippen molar-refractivity contribution in [2.75, 3.05) is 26.2 Å². The van der Waals surface area contributed by atoms with E-state index < -0.39 is 15.6 Å². The van der Waals surface area contributed by atoms with E-state index in [9.17, 15) is 8.42 Å². The van der Waals surface area contributed by atoms with Gasteiger partial charge in [0.25, 0.3) is 0 Å². The molecule has 0 unspecified atom stereocenters. The quantitative estimate of drug-likeness (QED) is 0.870. The van der Waals surface area contributed by atoms with Gasteiger partial charge < -0.3 is 4.74 Å². The summed E-state index contributed by atoms with van der Waals surface area (Å²) in [4.78, 5) is 2.76. The maximum atomic E-state index is 12.8. The highest BCUT2D eigenvalue weighted by Crippen LogP contribution is 2.36. The molecule has 1 aromatic carbocycles. The molecule has 6 heteroatoms. The normalized spacial score (nSPS) is 28.5. The predicted molar refractivity (Wildman–Crippen MR) is 99.0 cm³/mol. The van der Waals surface area contributed by atoms with Gasteiger partial charge in [-0.15, -0.1) is 0 Å². The standard InChI is InChI=1S/C19H30N2O3S/c1-16(2)14-21-12-13-24-19(15-21)11-7-6-10-18(19)20-25(22,23)17-8-4-3-5-9-17/h3-5,8-9,16,18,20H,6-7,10-15H2,1-2H3/t18-,19-/m1/s1. The molecule has 1 saturated carbocycles. The Morgan fingerprint density at radius 2 is 2.04 bits per heavy atom. The molecule has 1 heterocycles. The Bertz CT molecular complexity index is 659. The summed E-state index contributed by atoms with van der Waals surface area (Å²) in [5.74, 6) is 0.596. The van der Waals surface area contributed by atoms with E-state index in [4.69, 9.17) is 4.74 Å². The third-order valence-electron chi connectivity index (χ3n) is 5.24. The molecule has 140 valence electrons. The smallest absolute Gasteiger partial charge is 0.240 e. The largest absolute Gasteiger partial charge is 0.371 e. The Morgan fingerprint density at radius 3 is 2.76 bits per heavy atom. The molecule has 0 amide bonds. The molecule has 1 N–H and O–H groups in total. The molecular weight excluding hydrogens is 336 g/mol. The number of hydrogen-bond donors (Lipinski definition) is 1. The molecule has 1 aromatic rings. The van der Waals surface area contributed by atoms with Gasteiger partial charge in [-0.05, 0) is 30.9 Å². The topological polar surface area (TPSA) is 58.6 Å². The fourth-order valence-corrected chi connectivity index (χ4v) is 5.51. The predicted octanol–water partition coefficient (Wildman–Crippen LogP) is 2.63. The van der Waals surface area contributed by atoms with E-state index in [-0.39, 0.29) is 6.04 Å². The Morgan fingerprint density at radius 1 is 1.28 bits per heavy atom. The average molecular weight is 367 g/mol. The van der Waals surface area contributed by atoms with Gasteiger partial charge in [0.1, 0.15) is 0 Å². The lowest BCUT2D eigenvalue weighted by Gasteiger charge is -2.49. The van der Waals surface area contributed by atoms with E-state index in [0.717, 1.165) is 45.3 Å². The highest BCUT2D eigenvalue weighted by molar-refractivity contribution is 7.89. The van der Waals surface area contributed by atoms with E-state index in [1.54, 1.807) is 24.3 Å². The van der Waals surface area contributed by atoms with Crippen molar-refractivity contribution < 1.29 is 13.2 Å². The van der Waals surface area contributed by atoms with Crippen molar-refractivity contribution >= 4 is 10.0 Å². The SMILES string of the molecule is CC(C)CN1CCO[C@]2(CCCC[C@H]2NS(=O)(=O)c2ccccc2)C1. The second-order valence-corrected chi connectivity index (χ2v) is 9.49. The van der Waals surface area contributed by atoms with Gasteiger partial charge in [0, 0.05) is 19.6 Å². The van der Waals surface area contributed by atoms with Gasteiger partial charge in [-0.25, -0.2) is 13.1 Å². The van der Waals surface area contributed by atoms with Gasteiger partial charge in [-0.1, -0.05) is 44.9 Å². The van der Waals surface area contributed by atoms with Crippen molar-refractivity contribution in [2.45, 2.75) is 56.1 Å². The van der Waals surface area contributed by atoms with Crippen LogP contribution in [0.25, 0.3) is 0 Å². The third-order valence-corrected chi connectivity index (χ3v) is 6.73. The van der Waals surface area contributed by atoms with Gasteiger partial charge in [0.05, 0.1) is 23.1 Å². The zero-order valence-corrected chi connectivity index (χ0v) is 16.1. The molecule has 2 atom stereocenters. The molecule has 0 bridgehead atoms. The molecule has 25 heavy (non-hydrogen) atoms. The van der Waals surface area contributed by atoms with Crippen molar-refractivity contribution in [3.63, 3.8) is 0 Å². The van der Waals surface area contributed by atoms with Crippen molar-refractivity contribution in [3.8, 4) is 0 Å². The average Bonchev–Trinajstić information content (AvgIpc) is 2.57. The van der Waals surface area contributed by atoms with Crippen LogP contribution in [0.15, 0.2) is 35.2 Å². The number of morpholine rings is 1. The van der Waals surface area contributed by atoms with E-state index in [0.29, 0.717) is 17.4 Å². The van der Waals surface area contributed by atoms with Gasteiger partial charge in [-0.3, -0.25) is 4.90 Å². The van der Waals surface area contributed by atoms with E-state index in [1.165, 1.54) is 0 Å². The second kappa shape index (κ2) is 7.74. The lowest BCUT2D eigenvalue weighted by Crippen LogP contribution is -2.64. The number of benzene rings is 1. The summed E-state index contributed by atoms with van der Waals surface area (Å²) in [6.07, 6.45) is 3.89. The minimum Gasteiger partial charge on any atom is -0.371 e. The van der Waals surface area contributed by atoms with Crippen LogP contribution < -0.4 is 4.72 Å². The van der Waals surface area contributed by atoms with Crippen LogP contribution in [-0.4, -0.2) is 51.2 Å². The van der Waals surface area contributed by atoms with Crippen LogP contribution in [0, 0.1) is 5.92 Å². The maximum absolute atomic E-state index is 12.8. The maximum Gasteiger partial charge on any atom is 0.240 e. The van der Waals surface area contributed by atoms with Gasteiger partial charge >= 0.3 is 0 Å². The van der Waals surface area contributed by atoms with E-state index in [2.05, 4.69) is 23.5 Å². The molecule has 1 saturated heterocycles. The van der Waals surface area contributed by atoms with Crippen LogP contribution in [0.3, 0.4) is 0 Å². The lowest BCUT2D eigenvalue weighted by atomic mass is 9.79. The van der Waals surface area contributed by atoms with Crippen LogP contribution in [0.4, 0.5) is 0 Å². The first-order valence-electron chi connectivity index (χ1n) is 9.35. The van der Waals surface area contributed by atoms with Crippen LogP contribution in [0.2, 0.25) is 0 Å². The number of sulfonamides is 1. The van der Waals surface area contributed by atoms with Gasteiger partial charge in [0.15, 0.2) is 0 Å². The second-order valence-electron chi connectivity index (χ2n) is 7.77. The Balaban J connectivity index is 1.79. The molecule has 1 spiro atoms. The van der Waals surface area contributed by atoms with Crippen LogP contribution >= 0.6 is 0 Å². The highest BCUT2D eigenvalue weighted by atomic mass is 32.2. The summed E-state index contributed by atoms with van der Waals surface area (Å²) in [6.45, 7) is 7.89. The van der Waals surface area contributed by atoms with E-state index >= 15 is 0 Å². The molecule has 0 aromatic heterocycles. The van der Waals surface area contributed by atoms with Crippen molar-refractivity contribution in [3.05, 3.63) is 30.3 Å². The van der Waals surface area contributed by atoms with Crippen molar-refractivity contribution in [1.82, 2.24) is 9.62 Å². The van der Waals surface area contributed by atoms with Crippen LogP contribution in [0.1, 0.15) is 39.5 Å². The van der Waals surface area contributed by atoms with E-state index in [1.807, 2.05) is 6.07 Å². The summed E-state index contributed by atoms with van der Waals surface area (Å²) >= 11 is 0. The fourth-order valence-electron chi connectivity index (χ4n) is 4.15. The van der Waals surface area contributed by atoms with Gasteiger partial charge in [-0.2, -0.15) is 0 Å². The first-order valence-corrected chi connectivity index (χ1v) is 10.8. The van der Waals surface area contributed by atoms with Crippen LogP contribution in [-0.2, 0) is 14.8 Å². The molecule has 1 aliphatic heterocycles. The monoisotopic (exact) mass is 366 g/mol. The fraction of sp³-hybridized carbons (Fsp3) is 0.684. The molecule has 5 nitrogen and oxygen atoms in total. The molecule has 2 aliphatic rings. The minimum atomic E-state index is -3.52. The summed E-state index contributed by atoms with van der Waals surface area (Å²) in [7, 11) is -3.52. The molecule has 0 radical (unpaired) electrons. The first kappa shape index (κ1) is 18.8. The summed E-state index contributed by atoms with van der Waals surface area (Å²) in [5.41, 5.74) is -0.396. The summed E-state index contributed by atoms with van der Waals surface area (Å²) < 4.78 is 34.8. The molecular formula is C19H30N2O3S. The zero-order chi connectivity index (χ0) is 17.9. The number of nitrogens with zero attached hydrogens (tertiary/aromatic N) is 1. The number of rotatable bonds is 5. The number of ether oxygens (including phenoxy) is 1. The van der Waals surface area contributed by atoms with Crippen molar-refractivity contribution in [2.24, 2.45) is 5.92 Å². The van der Waals surface area contributed by atoms with Crippen LogP contribution in [0.5, 0.6) is 0 Å². The highest BCUT2D eigenvalue weighted by Gasteiger charge is 2.46. The Kier molecular flexibility index (Phi) is 5.83. The minimum absolute atomic E-state index is 0.165. The molecule has 3 rings (SSSR count). The number of nitrogens with one attached hydrogen (secondary N) is 1. The first-order chi connectivity index (χ1) is 11.9. The molecule has 1 aliphatic carbocycles. The van der Waals surface area contributed by atoms with Crippen molar-refractivity contribution in [1.29, 1.82) is 0 Å². The Labute approximate surface area is 151 Å². The summed E-state index contributed by atoms with van der Waals surface area (Å²) in [6, 6.07) is 8.46. The number of hydrogen-bond acceptors (Lipinski definition) is 4.